The second kappa shape index (κ2) is 5.69. The molecule has 1 aromatic rings. The lowest BCUT2D eigenvalue weighted by molar-refractivity contribution is -0.120. The van der Waals surface area contributed by atoms with Crippen molar-refractivity contribution < 1.29 is 13.2 Å². The first-order chi connectivity index (χ1) is 8.00. The molecule has 1 aliphatic rings. The summed E-state index contributed by atoms with van der Waals surface area (Å²) < 4.78 is 25.7. The zero-order chi connectivity index (χ0) is 12.5. The van der Waals surface area contributed by atoms with Gasteiger partial charge in [-0.2, -0.15) is 4.31 Å². The quantitative estimate of drug-likeness (QED) is 0.826. The van der Waals surface area contributed by atoms with Crippen LogP contribution >= 0.6 is 12.4 Å². The van der Waals surface area contributed by atoms with Crippen molar-refractivity contribution in [3.8, 4) is 0 Å². The highest BCUT2D eigenvalue weighted by Gasteiger charge is 2.28. The molecule has 100 valence electrons. The molecule has 0 bridgehead atoms. The first kappa shape index (κ1) is 14.9. The first-order valence-electron chi connectivity index (χ1n) is 5.37. The number of hydrogen-bond donors (Lipinski definition) is 1. The van der Waals surface area contributed by atoms with Crippen LogP contribution in [-0.4, -0.2) is 31.6 Å². The second-order valence-corrected chi connectivity index (χ2v) is 5.95. The number of nitrogens with zero attached hydrogens (tertiary/aromatic N) is 1. The summed E-state index contributed by atoms with van der Waals surface area (Å²) in [6.07, 6.45) is 0.600. The van der Waals surface area contributed by atoms with Crippen molar-refractivity contribution in [3.05, 3.63) is 24.3 Å². The van der Waals surface area contributed by atoms with E-state index in [0.717, 1.165) is 0 Å². The van der Waals surface area contributed by atoms with Gasteiger partial charge in [0, 0.05) is 31.6 Å². The molecule has 1 fully saturated rings. The average molecular weight is 291 g/mol. The Kier molecular flexibility index (Phi) is 4.72. The maximum Gasteiger partial charge on any atom is 0.243 e. The van der Waals surface area contributed by atoms with Crippen LogP contribution in [0.15, 0.2) is 29.2 Å². The highest BCUT2D eigenvalue weighted by atomic mass is 35.5. The van der Waals surface area contributed by atoms with Crippen LogP contribution in [0.1, 0.15) is 12.8 Å². The number of nitrogens with two attached hydrogens (primary N) is 1. The van der Waals surface area contributed by atoms with Crippen molar-refractivity contribution in [1.29, 1.82) is 0 Å². The molecule has 2 rings (SSSR count). The molecule has 5 nitrogen and oxygen atoms in total. The summed E-state index contributed by atoms with van der Waals surface area (Å²) in [5.41, 5.74) is 6.04. The zero-order valence-electron chi connectivity index (χ0n) is 9.70. The minimum absolute atomic E-state index is 0. The highest BCUT2D eigenvalue weighted by Crippen LogP contribution is 2.20. The van der Waals surface area contributed by atoms with Gasteiger partial charge in [-0.05, 0) is 24.3 Å². The van der Waals surface area contributed by atoms with Crippen molar-refractivity contribution in [2.75, 3.05) is 18.8 Å². The molecule has 2 N–H and O–H groups in total. The van der Waals surface area contributed by atoms with Gasteiger partial charge in [-0.1, -0.05) is 0 Å². The Balaban J connectivity index is 0.00000162. The number of sulfonamides is 1. The Morgan fingerprint density at radius 1 is 1.06 bits per heavy atom. The summed E-state index contributed by atoms with van der Waals surface area (Å²) in [6.45, 7) is 0.539. The Bertz CT molecular complexity index is 518. The largest absolute Gasteiger partial charge is 0.399 e. The van der Waals surface area contributed by atoms with Crippen LogP contribution in [0.5, 0.6) is 0 Å². The number of piperidine rings is 1. The fourth-order valence-electron chi connectivity index (χ4n) is 1.76. The molecule has 7 heteroatoms. The van der Waals surface area contributed by atoms with Crippen molar-refractivity contribution in [2.24, 2.45) is 0 Å². The number of carbonyl (C=O) groups excluding carboxylic acids is 1. The summed E-state index contributed by atoms with van der Waals surface area (Å²) in [4.78, 5) is 11.3. The standard InChI is InChI=1S/C11H14N2O3S.ClH/c12-9-1-3-11(4-2-9)17(15,16)13-7-5-10(14)6-8-13;/h1-4H,5-8,12H2;1H. The van der Waals surface area contributed by atoms with Crippen molar-refractivity contribution in [1.82, 2.24) is 4.31 Å². The van der Waals surface area contributed by atoms with E-state index in [9.17, 15) is 13.2 Å². The number of hydrogen-bond acceptors (Lipinski definition) is 4. The lowest BCUT2D eigenvalue weighted by atomic mass is 10.1. The summed E-state index contributed by atoms with van der Waals surface area (Å²) >= 11 is 0. The number of carbonyl (C=O) groups is 1. The number of Topliss-reactive ketones (excluding diaryl/α,β-unsaturated/α-hetero) is 1. The van der Waals surface area contributed by atoms with Gasteiger partial charge in [-0.25, -0.2) is 8.42 Å². The van der Waals surface area contributed by atoms with E-state index in [-0.39, 0.29) is 36.2 Å². The molecule has 0 aliphatic carbocycles. The van der Waals surface area contributed by atoms with Gasteiger partial charge in [0.15, 0.2) is 0 Å². The summed E-state index contributed by atoms with van der Waals surface area (Å²) in [6, 6.07) is 6.09. The molecule has 1 saturated heterocycles. The number of anilines is 1. The third kappa shape index (κ3) is 3.01. The fraction of sp³-hybridized carbons (Fsp3) is 0.364. The molecule has 18 heavy (non-hydrogen) atoms. The Morgan fingerprint density at radius 3 is 2.06 bits per heavy atom. The second-order valence-electron chi connectivity index (χ2n) is 4.01. The third-order valence-electron chi connectivity index (χ3n) is 2.80. The predicted octanol–water partition coefficient (Wildman–Crippen LogP) is 1.04. The van der Waals surface area contributed by atoms with Crippen LogP contribution in [0.3, 0.4) is 0 Å². The zero-order valence-corrected chi connectivity index (χ0v) is 11.3. The van der Waals surface area contributed by atoms with E-state index < -0.39 is 10.0 Å². The van der Waals surface area contributed by atoms with Gasteiger partial charge in [-0.3, -0.25) is 4.79 Å². The van der Waals surface area contributed by atoms with E-state index in [4.69, 9.17) is 5.73 Å². The number of nitrogen functional groups attached to an aromatic ring is 1. The lowest BCUT2D eigenvalue weighted by Gasteiger charge is -2.25. The minimum atomic E-state index is -3.48. The molecular formula is C11H15ClN2O3S. The van der Waals surface area contributed by atoms with Gasteiger partial charge in [0.25, 0.3) is 0 Å². The van der Waals surface area contributed by atoms with Gasteiger partial charge in [0.2, 0.25) is 10.0 Å². The first-order valence-corrected chi connectivity index (χ1v) is 6.81. The average Bonchev–Trinajstić information content (AvgIpc) is 2.30. The number of halogens is 1. The summed E-state index contributed by atoms with van der Waals surface area (Å²) in [5, 5.41) is 0. The third-order valence-corrected chi connectivity index (χ3v) is 4.71. The SMILES string of the molecule is Cl.Nc1ccc(S(=O)(=O)N2CCC(=O)CC2)cc1. The van der Waals surface area contributed by atoms with Crippen LogP contribution in [0, 0.1) is 0 Å². The van der Waals surface area contributed by atoms with E-state index in [0.29, 0.717) is 18.5 Å². The Hall–Kier alpha value is -1.11. The molecule has 0 unspecified atom stereocenters. The predicted molar refractivity (Wildman–Crippen MR) is 71.1 cm³/mol. The molecule has 0 amide bonds. The van der Waals surface area contributed by atoms with E-state index in [1.807, 2.05) is 0 Å². The van der Waals surface area contributed by atoms with E-state index in [1.165, 1.54) is 16.4 Å². The van der Waals surface area contributed by atoms with Gasteiger partial charge >= 0.3 is 0 Å². The highest BCUT2D eigenvalue weighted by molar-refractivity contribution is 7.89. The molecular weight excluding hydrogens is 276 g/mol. The topological polar surface area (TPSA) is 80.5 Å². The van der Waals surface area contributed by atoms with E-state index in [1.54, 1.807) is 12.1 Å². The van der Waals surface area contributed by atoms with E-state index >= 15 is 0 Å². The Morgan fingerprint density at radius 2 is 1.56 bits per heavy atom. The smallest absolute Gasteiger partial charge is 0.243 e. The number of rotatable bonds is 2. The van der Waals surface area contributed by atoms with E-state index in [2.05, 4.69) is 0 Å². The molecule has 0 spiro atoms. The maximum atomic E-state index is 12.2. The van der Waals surface area contributed by atoms with Crippen LogP contribution < -0.4 is 5.73 Å². The van der Waals surface area contributed by atoms with Crippen LogP contribution in [0.4, 0.5) is 5.69 Å². The molecule has 1 heterocycles. The van der Waals surface area contributed by atoms with Gasteiger partial charge in [-0.15, -0.1) is 12.4 Å². The van der Waals surface area contributed by atoms with Gasteiger partial charge in [0.05, 0.1) is 4.90 Å². The molecule has 0 radical (unpaired) electrons. The Labute approximate surface area is 112 Å². The maximum absolute atomic E-state index is 12.2. The summed E-state index contributed by atoms with van der Waals surface area (Å²) in [5.74, 6) is 0.119. The van der Waals surface area contributed by atoms with Crippen LogP contribution in [0.2, 0.25) is 0 Å². The monoisotopic (exact) mass is 290 g/mol. The van der Waals surface area contributed by atoms with Crippen molar-refractivity contribution >= 4 is 33.9 Å². The van der Waals surface area contributed by atoms with Gasteiger partial charge < -0.3 is 5.73 Å². The molecule has 1 aliphatic heterocycles. The molecule has 0 aromatic heterocycles. The number of benzene rings is 1. The van der Waals surface area contributed by atoms with Crippen LogP contribution in [0.25, 0.3) is 0 Å². The summed E-state index contributed by atoms with van der Waals surface area (Å²) in [7, 11) is -3.48. The van der Waals surface area contributed by atoms with Crippen molar-refractivity contribution in [3.63, 3.8) is 0 Å². The van der Waals surface area contributed by atoms with Crippen molar-refractivity contribution in [2.45, 2.75) is 17.7 Å². The molecule has 0 atom stereocenters. The normalized spacial score (nSPS) is 17.2. The molecule has 0 saturated carbocycles. The number of ketones is 1. The fourth-order valence-corrected chi connectivity index (χ4v) is 3.21. The van der Waals surface area contributed by atoms with Gasteiger partial charge in [0.1, 0.15) is 5.78 Å². The van der Waals surface area contributed by atoms with Crippen LogP contribution in [-0.2, 0) is 14.8 Å². The molecule has 1 aromatic carbocycles. The minimum Gasteiger partial charge on any atom is -0.399 e. The lowest BCUT2D eigenvalue weighted by Crippen LogP contribution is -2.38.